The fourth-order valence-corrected chi connectivity index (χ4v) is 2.97. The minimum absolute atomic E-state index is 0.732. The van der Waals surface area contributed by atoms with Crippen molar-refractivity contribution in [3.05, 3.63) is 23.3 Å². The summed E-state index contributed by atoms with van der Waals surface area (Å²) in [5.74, 6) is 2.59. The second-order valence-corrected chi connectivity index (χ2v) is 5.24. The standard InChI is InChI=1S/C16H25NO2/c1-4-15-13(8-12-6-5-7-17-11-12)9-14(18-2)10-16(15)19-3/h9-10,12,17H,4-8,11H2,1-3H3. The molecule has 1 aliphatic heterocycles. The van der Waals surface area contributed by atoms with E-state index in [4.69, 9.17) is 9.47 Å². The maximum absolute atomic E-state index is 5.51. The van der Waals surface area contributed by atoms with Gasteiger partial charge in [-0.15, -0.1) is 0 Å². The van der Waals surface area contributed by atoms with E-state index in [0.717, 1.165) is 36.8 Å². The van der Waals surface area contributed by atoms with Crippen LogP contribution >= 0.6 is 0 Å². The van der Waals surface area contributed by atoms with E-state index in [1.165, 1.54) is 30.5 Å². The average molecular weight is 263 g/mol. The first-order valence-corrected chi connectivity index (χ1v) is 7.23. The van der Waals surface area contributed by atoms with E-state index < -0.39 is 0 Å². The van der Waals surface area contributed by atoms with Gasteiger partial charge in [0.25, 0.3) is 0 Å². The third-order valence-electron chi connectivity index (χ3n) is 3.99. The topological polar surface area (TPSA) is 30.5 Å². The van der Waals surface area contributed by atoms with E-state index in [9.17, 15) is 0 Å². The predicted molar refractivity (Wildman–Crippen MR) is 78.2 cm³/mol. The molecule has 3 nitrogen and oxygen atoms in total. The van der Waals surface area contributed by atoms with Gasteiger partial charge in [-0.3, -0.25) is 0 Å². The van der Waals surface area contributed by atoms with Crippen LogP contribution in [-0.2, 0) is 12.8 Å². The van der Waals surface area contributed by atoms with Crippen molar-refractivity contribution in [2.45, 2.75) is 32.6 Å². The van der Waals surface area contributed by atoms with Gasteiger partial charge >= 0.3 is 0 Å². The van der Waals surface area contributed by atoms with E-state index in [-0.39, 0.29) is 0 Å². The number of hydrogen-bond acceptors (Lipinski definition) is 3. The summed E-state index contributed by atoms with van der Waals surface area (Å²) in [4.78, 5) is 0. The number of benzene rings is 1. The molecule has 0 aliphatic carbocycles. The van der Waals surface area contributed by atoms with Crippen LogP contribution in [0.3, 0.4) is 0 Å². The number of piperidine rings is 1. The smallest absolute Gasteiger partial charge is 0.126 e. The van der Waals surface area contributed by atoms with Gasteiger partial charge in [-0.05, 0) is 61.9 Å². The van der Waals surface area contributed by atoms with Crippen molar-refractivity contribution < 1.29 is 9.47 Å². The van der Waals surface area contributed by atoms with Crippen molar-refractivity contribution in [3.8, 4) is 11.5 Å². The van der Waals surface area contributed by atoms with Gasteiger partial charge in [0.15, 0.2) is 0 Å². The molecular formula is C16H25NO2. The Hall–Kier alpha value is -1.22. The molecule has 0 bridgehead atoms. The zero-order valence-electron chi connectivity index (χ0n) is 12.3. The van der Waals surface area contributed by atoms with Crippen LogP contribution in [0.4, 0.5) is 0 Å². The molecule has 1 aromatic carbocycles. The van der Waals surface area contributed by atoms with E-state index in [1.807, 2.05) is 6.07 Å². The van der Waals surface area contributed by atoms with Crippen molar-refractivity contribution in [3.63, 3.8) is 0 Å². The minimum atomic E-state index is 0.732. The molecule has 0 spiro atoms. The summed E-state index contributed by atoms with van der Waals surface area (Å²) >= 11 is 0. The fraction of sp³-hybridized carbons (Fsp3) is 0.625. The van der Waals surface area contributed by atoms with Crippen LogP contribution < -0.4 is 14.8 Å². The third kappa shape index (κ3) is 3.41. The first kappa shape index (κ1) is 14.2. The Morgan fingerprint density at radius 3 is 2.68 bits per heavy atom. The summed E-state index contributed by atoms with van der Waals surface area (Å²) in [6.07, 6.45) is 4.72. The molecule has 1 N–H and O–H groups in total. The molecular weight excluding hydrogens is 238 g/mol. The normalized spacial score (nSPS) is 19.2. The molecule has 1 unspecified atom stereocenters. The lowest BCUT2D eigenvalue weighted by atomic mass is 9.89. The monoisotopic (exact) mass is 263 g/mol. The summed E-state index contributed by atoms with van der Waals surface area (Å²) in [6.45, 7) is 4.48. The molecule has 1 heterocycles. The summed E-state index contributed by atoms with van der Waals surface area (Å²) in [7, 11) is 3.45. The number of hydrogen-bond donors (Lipinski definition) is 1. The number of ether oxygens (including phenoxy) is 2. The van der Waals surface area contributed by atoms with Crippen molar-refractivity contribution in [2.75, 3.05) is 27.3 Å². The summed E-state index contributed by atoms with van der Waals surface area (Å²) in [5.41, 5.74) is 2.71. The molecule has 0 saturated carbocycles. The lowest BCUT2D eigenvalue weighted by Crippen LogP contribution is -2.31. The van der Waals surface area contributed by atoms with Crippen molar-refractivity contribution >= 4 is 0 Å². The Balaban J connectivity index is 2.25. The number of rotatable bonds is 5. The van der Waals surface area contributed by atoms with Crippen LogP contribution in [0.5, 0.6) is 11.5 Å². The molecule has 1 aromatic rings. The van der Waals surface area contributed by atoms with E-state index in [0.29, 0.717) is 0 Å². The van der Waals surface area contributed by atoms with Crippen molar-refractivity contribution in [2.24, 2.45) is 5.92 Å². The summed E-state index contributed by atoms with van der Waals surface area (Å²) < 4.78 is 10.9. The SMILES string of the molecule is CCc1c(CC2CCCNC2)cc(OC)cc1OC. The van der Waals surface area contributed by atoms with Crippen LogP contribution in [0.1, 0.15) is 30.9 Å². The molecule has 0 amide bonds. The lowest BCUT2D eigenvalue weighted by molar-refractivity contribution is 0.369. The molecule has 1 fully saturated rings. The minimum Gasteiger partial charge on any atom is -0.497 e. The molecule has 2 rings (SSSR count). The molecule has 1 atom stereocenters. The zero-order chi connectivity index (χ0) is 13.7. The quantitative estimate of drug-likeness (QED) is 0.886. The first-order valence-electron chi connectivity index (χ1n) is 7.23. The van der Waals surface area contributed by atoms with Crippen molar-refractivity contribution in [1.82, 2.24) is 5.32 Å². The van der Waals surface area contributed by atoms with Gasteiger partial charge in [0.05, 0.1) is 14.2 Å². The highest BCUT2D eigenvalue weighted by Gasteiger charge is 2.17. The molecule has 1 aliphatic rings. The van der Waals surface area contributed by atoms with Crippen LogP contribution in [0.2, 0.25) is 0 Å². The largest absolute Gasteiger partial charge is 0.497 e. The van der Waals surface area contributed by atoms with Gasteiger partial charge in [-0.2, -0.15) is 0 Å². The van der Waals surface area contributed by atoms with Crippen LogP contribution in [-0.4, -0.2) is 27.3 Å². The highest BCUT2D eigenvalue weighted by atomic mass is 16.5. The lowest BCUT2D eigenvalue weighted by Gasteiger charge is -2.24. The van der Waals surface area contributed by atoms with Crippen LogP contribution in [0, 0.1) is 5.92 Å². The first-order chi connectivity index (χ1) is 9.28. The van der Waals surface area contributed by atoms with E-state index >= 15 is 0 Å². The second-order valence-electron chi connectivity index (χ2n) is 5.24. The molecule has 19 heavy (non-hydrogen) atoms. The Morgan fingerprint density at radius 1 is 1.26 bits per heavy atom. The van der Waals surface area contributed by atoms with E-state index in [2.05, 4.69) is 18.3 Å². The Labute approximate surface area is 116 Å². The van der Waals surface area contributed by atoms with Gasteiger partial charge < -0.3 is 14.8 Å². The maximum Gasteiger partial charge on any atom is 0.126 e. The Morgan fingerprint density at radius 2 is 2.11 bits per heavy atom. The molecule has 0 radical (unpaired) electrons. The third-order valence-corrected chi connectivity index (χ3v) is 3.99. The van der Waals surface area contributed by atoms with Crippen LogP contribution in [0.15, 0.2) is 12.1 Å². The van der Waals surface area contributed by atoms with Gasteiger partial charge in [-0.1, -0.05) is 6.92 Å². The second kappa shape index (κ2) is 6.80. The molecule has 106 valence electrons. The van der Waals surface area contributed by atoms with Gasteiger partial charge in [0.1, 0.15) is 11.5 Å². The fourth-order valence-electron chi connectivity index (χ4n) is 2.97. The number of methoxy groups -OCH3 is 2. The van der Waals surface area contributed by atoms with Gasteiger partial charge in [0.2, 0.25) is 0 Å². The summed E-state index contributed by atoms with van der Waals surface area (Å²) in [6, 6.07) is 4.16. The Bertz CT molecular complexity index is 411. The Kier molecular flexibility index (Phi) is 5.08. The predicted octanol–water partition coefficient (Wildman–Crippen LogP) is 2.81. The van der Waals surface area contributed by atoms with Gasteiger partial charge in [0, 0.05) is 6.07 Å². The van der Waals surface area contributed by atoms with E-state index in [1.54, 1.807) is 14.2 Å². The molecule has 1 saturated heterocycles. The molecule has 0 aromatic heterocycles. The summed E-state index contributed by atoms with van der Waals surface area (Å²) in [5, 5.41) is 3.49. The van der Waals surface area contributed by atoms with Crippen molar-refractivity contribution in [1.29, 1.82) is 0 Å². The maximum atomic E-state index is 5.51. The number of nitrogens with one attached hydrogen (secondary N) is 1. The zero-order valence-corrected chi connectivity index (χ0v) is 12.3. The van der Waals surface area contributed by atoms with Crippen LogP contribution in [0.25, 0.3) is 0 Å². The highest BCUT2D eigenvalue weighted by molar-refractivity contribution is 5.47. The van der Waals surface area contributed by atoms with Gasteiger partial charge in [-0.25, -0.2) is 0 Å². The average Bonchev–Trinajstić information content (AvgIpc) is 2.47. The highest BCUT2D eigenvalue weighted by Crippen LogP contribution is 2.31. The molecule has 3 heteroatoms.